The van der Waals surface area contributed by atoms with E-state index in [4.69, 9.17) is 4.74 Å². The van der Waals surface area contributed by atoms with E-state index in [2.05, 4.69) is 5.16 Å². The lowest BCUT2D eigenvalue weighted by atomic mass is 10.1. The molecule has 22 heavy (non-hydrogen) atoms. The molecular weight excluding hydrogens is 284 g/mol. The van der Waals surface area contributed by atoms with Gasteiger partial charge in [0.1, 0.15) is 5.75 Å². The number of hydrogen-bond acceptors (Lipinski definition) is 5. The van der Waals surface area contributed by atoms with E-state index in [0.29, 0.717) is 11.3 Å². The Kier molecular flexibility index (Phi) is 6.10. The number of hydrogen-bond donors (Lipinski definition) is 1. The van der Waals surface area contributed by atoms with E-state index < -0.39 is 23.7 Å². The minimum atomic E-state index is -0.422. The molecule has 0 radical (unpaired) electrons. The molecule has 0 aliphatic carbocycles. The second kappa shape index (κ2) is 7.59. The summed E-state index contributed by atoms with van der Waals surface area (Å²) in [7, 11) is 1.51. The number of oxime groups is 1. The highest BCUT2D eigenvalue weighted by Gasteiger charge is 2.31. The van der Waals surface area contributed by atoms with E-state index in [1.165, 1.54) is 7.11 Å². The predicted octanol–water partition coefficient (Wildman–Crippen LogP) is 2.50. The minimum absolute atomic E-state index is 0.101. The van der Waals surface area contributed by atoms with E-state index in [1.54, 1.807) is 52.0 Å². The molecule has 0 unspecified atom stereocenters. The molecule has 0 atom stereocenters. The van der Waals surface area contributed by atoms with Gasteiger partial charge in [0.2, 0.25) is 11.8 Å². The van der Waals surface area contributed by atoms with Gasteiger partial charge < -0.3 is 9.94 Å². The molecule has 0 aromatic heterocycles. The average Bonchev–Trinajstić information content (AvgIpc) is 2.50. The second-order valence-corrected chi connectivity index (χ2v) is 5.48. The Labute approximate surface area is 130 Å². The molecule has 0 saturated heterocycles. The molecule has 2 amide bonds. The van der Waals surface area contributed by atoms with E-state index >= 15 is 0 Å². The molecule has 6 nitrogen and oxygen atoms in total. The summed E-state index contributed by atoms with van der Waals surface area (Å²) in [5, 5.41) is 12.6. The summed E-state index contributed by atoms with van der Waals surface area (Å²) < 4.78 is 5.12. The summed E-state index contributed by atoms with van der Waals surface area (Å²) in [6, 6.07) is 6.66. The number of ether oxygens (including phenoxy) is 1. The van der Waals surface area contributed by atoms with Crippen LogP contribution < -0.4 is 4.74 Å². The van der Waals surface area contributed by atoms with Gasteiger partial charge in [-0.05, 0) is 12.1 Å². The van der Waals surface area contributed by atoms with Crippen molar-refractivity contribution in [3.63, 3.8) is 0 Å². The zero-order valence-electron chi connectivity index (χ0n) is 13.5. The summed E-state index contributed by atoms with van der Waals surface area (Å²) in [5.74, 6) is -1.23. The number of benzene rings is 1. The van der Waals surface area contributed by atoms with Crippen LogP contribution in [0.2, 0.25) is 0 Å². The fourth-order valence-corrected chi connectivity index (χ4v) is 1.83. The number of rotatable bonds is 4. The van der Waals surface area contributed by atoms with Gasteiger partial charge in [-0.1, -0.05) is 45.0 Å². The van der Waals surface area contributed by atoms with Crippen molar-refractivity contribution in [1.29, 1.82) is 0 Å². The van der Waals surface area contributed by atoms with Gasteiger partial charge in [0, 0.05) is 17.4 Å². The lowest BCUT2D eigenvalue weighted by Crippen LogP contribution is -2.46. The molecule has 1 rings (SSSR count). The van der Waals surface area contributed by atoms with E-state index in [0.717, 1.165) is 4.90 Å². The number of amidine groups is 1. The summed E-state index contributed by atoms with van der Waals surface area (Å²) in [6.45, 7) is 6.74. The fourth-order valence-electron chi connectivity index (χ4n) is 1.83. The van der Waals surface area contributed by atoms with Crippen molar-refractivity contribution in [2.24, 2.45) is 17.0 Å². The van der Waals surface area contributed by atoms with Crippen LogP contribution in [0.1, 0.15) is 33.3 Å². The van der Waals surface area contributed by atoms with Crippen LogP contribution in [0.3, 0.4) is 0 Å². The summed E-state index contributed by atoms with van der Waals surface area (Å²) in [6.07, 6.45) is 0. The molecule has 120 valence electrons. The van der Waals surface area contributed by atoms with Crippen LogP contribution in [-0.4, -0.2) is 34.9 Å². The molecule has 6 heteroatoms. The number of carbonyl (C=O) groups is 2. The minimum Gasteiger partial charge on any atom is -0.497 e. The number of nitrogens with zero attached hydrogens (tertiary/aromatic N) is 2. The molecule has 1 aromatic rings. The largest absolute Gasteiger partial charge is 0.497 e. The van der Waals surface area contributed by atoms with Crippen LogP contribution in [0, 0.1) is 11.8 Å². The highest BCUT2D eigenvalue weighted by molar-refractivity contribution is 6.19. The highest BCUT2D eigenvalue weighted by atomic mass is 16.5. The van der Waals surface area contributed by atoms with Gasteiger partial charge in [-0.2, -0.15) is 0 Å². The Hall–Kier alpha value is -2.37. The second-order valence-electron chi connectivity index (χ2n) is 5.48. The lowest BCUT2D eigenvalue weighted by Gasteiger charge is -2.25. The van der Waals surface area contributed by atoms with Crippen molar-refractivity contribution in [2.75, 3.05) is 7.11 Å². The molecule has 1 N–H and O–H groups in total. The average molecular weight is 306 g/mol. The maximum Gasteiger partial charge on any atom is 0.237 e. The van der Waals surface area contributed by atoms with Crippen LogP contribution >= 0.6 is 0 Å². The van der Waals surface area contributed by atoms with Gasteiger partial charge in [-0.3, -0.25) is 9.59 Å². The molecule has 0 saturated carbocycles. The summed E-state index contributed by atoms with van der Waals surface area (Å²) in [4.78, 5) is 25.7. The van der Waals surface area contributed by atoms with Gasteiger partial charge in [0.15, 0.2) is 5.84 Å². The first-order chi connectivity index (χ1) is 10.3. The van der Waals surface area contributed by atoms with E-state index in [1.807, 2.05) is 0 Å². The Morgan fingerprint density at radius 2 is 1.68 bits per heavy atom. The number of carbonyl (C=O) groups excluding carboxylic acids is 2. The molecule has 0 fully saturated rings. The van der Waals surface area contributed by atoms with Gasteiger partial charge in [0.25, 0.3) is 0 Å². The zero-order chi connectivity index (χ0) is 16.9. The molecule has 0 aliphatic heterocycles. The Bertz CT molecular complexity index is 559. The first-order valence-corrected chi connectivity index (χ1v) is 7.07. The first kappa shape index (κ1) is 17.7. The Morgan fingerprint density at radius 3 is 2.09 bits per heavy atom. The monoisotopic (exact) mass is 306 g/mol. The Morgan fingerprint density at radius 1 is 1.14 bits per heavy atom. The third-order valence-corrected chi connectivity index (χ3v) is 3.06. The molecule has 0 heterocycles. The van der Waals surface area contributed by atoms with Crippen LogP contribution in [-0.2, 0) is 9.59 Å². The molecule has 0 aliphatic rings. The summed E-state index contributed by atoms with van der Waals surface area (Å²) >= 11 is 0. The number of methoxy groups -OCH3 is 1. The first-order valence-electron chi connectivity index (χ1n) is 7.07. The molecular formula is C16H22N2O4. The van der Waals surface area contributed by atoms with Crippen molar-refractivity contribution in [2.45, 2.75) is 27.7 Å². The summed E-state index contributed by atoms with van der Waals surface area (Å²) in [5.41, 5.74) is 0.421. The lowest BCUT2D eigenvalue weighted by molar-refractivity contribution is -0.143. The molecule has 1 aromatic carbocycles. The fraction of sp³-hybridized carbons (Fsp3) is 0.438. The number of imide groups is 1. The maximum absolute atomic E-state index is 12.4. The van der Waals surface area contributed by atoms with Crippen LogP contribution in [0.4, 0.5) is 0 Å². The maximum atomic E-state index is 12.4. The van der Waals surface area contributed by atoms with Crippen molar-refractivity contribution in [3.05, 3.63) is 29.8 Å². The van der Waals surface area contributed by atoms with Crippen molar-refractivity contribution < 1.29 is 19.5 Å². The van der Waals surface area contributed by atoms with E-state index in [-0.39, 0.29) is 5.84 Å². The van der Waals surface area contributed by atoms with Crippen molar-refractivity contribution in [3.8, 4) is 5.75 Å². The third kappa shape index (κ3) is 3.84. The van der Waals surface area contributed by atoms with Crippen molar-refractivity contribution >= 4 is 17.6 Å². The van der Waals surface area contributed by atoms with Crippen LogP contribution in [0.5, 0.6) is 5.75 Å². The van der Waals surface area contributed by atoms with Crippen LogP contribution in [0.25, 0.3) is 0 Å². The van der Waals surface area contributed by atoms with Gasteiger partial charge in [-0.15, -0.1) is 0 Å². The normalized spacial score (nSPS) is 11.7. The standard InChI is InChI=1S/C16H22N2O4/c1-10(2)15(19)18(16(20)11(3)4)14(17-21)12-7-6-8-13(9-12)22-5/h6-11,21H,1-5H3/b17-14-. The highest BCUT2D eigenvalue weighted by Crippen LogP contribution is 2.18. The Balaban J connectivity index is 3.36. The van der Waals surface area contributed by atoms with Crippen LogP contribution in [0.15, 0.2) is 29.4 Å². The SMILES string of the molecule is COc1cccc(/C(=N/O)N(C(=O)C(C)C)C(=O)C(C)C)c1. The molecule has 0 spiro atoms. The predicted molar refractivity (Wildman–Crippen MR) is 82.8 cm³/mol. The molecule has 0 bridgehead atoms. The van der Waals surface area contributed by atoms with Gasteiger partial charge in [0.05, 0.1) is 7.11 Å². The van der Waals surface area contributed by atoms with Gasteiger partial charge in [-0.25, -0.2) is 4.90 Å². The third-order valence-electron chi connectivity index (χ3n) is 3.06. The van der Waals surface area contributed by atoms with E-state index in [9.17, 15) is 14.8 Å². The zero-order valence-corrected chi connectivity index (χ0v) is 13.5. The smallest absolute Gasteiger partial charge is 0.237 e. The van der Waals surface area contributed by atoms with Crippen molar-refractivity contribution in [1.82, 2.24) is 4.90 Å². The quantitative estimate of drug-likeness (QED) is 0.401. The topological polar surface area (TPSA) is 79.2 Å². The number of amides is 2. The van der Waals surface area contributed by atoms with Gasteiger partial charge >= 0.3 is 0 Å².